The molecule has 0 spiro atoms. The molecule has 0 radical (unpaired) electrons. The number of nitrogens with two attached hydrogens (primary N) is 2. The molecular weight excluding hydrogens is 344 g/mol. The molecular formula is C18H18N8O. The van der Waals surface area contributed by atoms with E-state index in [0.29, 0.717) is 28.5 Å². The smallest absolute Gasteiger partial charge is 0.209 e. The average molecular weight is 362 g/mol. The number of fused-ring (bicyclic) bond motifs is 1. The first-order valence-corrected chi connectivity index (χ1v) is 8.24. The topological polar surface area (TPSA) is 132 Å². The number of nitrogen functional groups attached to an aromatic ring is 1. The summed E-state index contributed by atoms with van der Waals surface area (Å²) in [5.74, 6) is 6.37. The molecule has 0 fully saturated rings. The number of benzene rings is 1. The van der Waals surface area contributed by atoms with Crippen LogP contribution in [0, 0.1) is 6.92 Å². The summed E-state index contributed by atoms with van der Waals surface area (Å²) in [6.45, 7) is 1.89. The third-order valence-electron chi connectivity index (χ3n) is 4.19. The number of pyridine rings is 1. The predicted octanol–water partition coefficient (Wildman–Crippen LogP) is 1.37. The summed E-state index contributed by atoms with van der Waals surface area (Å²) in [5, 5.41) is 5.86. The van der Waals surface area contributed by atoms with Gasteiger partial charge in [-0.25, -0.2) is 20.5 Å². The van der Waals surface area contributed by atoms with E-state index in [1.54, 1.807) is 30.2 Å². The molecule has 0 aliphatic rings. The molecule has 4 aromatic rings. The van der Waals surface area contributed by atoms with Gasteiger partial charge in [-0.15, -0.1) is 0 Å². The number of aryl methyl sites for hydroxylation is 1. The Morgan fingerprint density at radius 3 is 2.70 bits per heavy atom. The molecule has 0 atom stereocenters. The van der Waals surface area contributed by atoms with E-state index < -0.39 is 0 Å². The van der Waals surface area contributed by atoms with Gasteiger partial charge in [0, 0.05) is 31.1 Å². The lowest BCUT2D eigenvalue weighted by atomic mass is 10.1. The second kappa shape index (κ2) is 6.22. The maximum absolute atomic E-state index is 12.3. The Morgan fingerprint density at radius 2 is 2.00 bits per heavy atom. The lowest BCUT2D eigenvalue weighted by molar-refractivity contribution is 0.832. The summed E-state index contributed by atoms with van der Waals surface area (Å²) >= 11 is 0. The Hall–Kier alpha value is -3.72. The fraction of sp³-hybridized carbons (Fsp3) is 0.111. The standard InChI is InChI=1S/C18H18N8O/c1-10-6-8-26(24-10)18-15(11-3-4-12(19)13(9-11)25(2)20)22-16-14(27)5-7-21-17(16)23-18/h3-9H,19-20H2,1-2H3,(H,21,23,27). The minimum atomic E-state index is -0.215. The molecule has 0 saturated carbocycles. The van der Waals surface area contributed by atoms with E-state index in [4.69, 9.17) is 11.6 Å². The molecule has 9 nitrogen and oxygen atoms in total. The molecule has 3 heterocycles. The van der Waals surface area contributed by atoms with Crippen molar-refractivity contribution in [3.8, 4) is 17.1 Å². The SMILES string of the molecule is Cc1ccn(-c2nc3[nH]ccc(=O)c3nc2-c2ccc(N)c(N(C)N)c2)n1. The molecule has 4 rings (SSSR count). The first-order valence-electron chi connectivity index (χ1n) is 8.24. The summed E-state index contributed by atoms with van der Waals surface area (Å²) in [7, 11) is 1.70. The van der Waals surface area contributed by atoms with Crippen molar-refractivity contribution in [2.24, 2.45) is 5.84 Å². The van der Waals surface area contributed by atoms with E-state index in [-0.39, 0.29) is 10.9 Å². The summed E-state index contributed by atoms with van der Waals surface area (Å²) in [5.41, 5.74) is 9.66. The zero-order valence-electron chi connectivity index (χ0n) is 14.8. The van der Waals surface area contributed by atoms with Crippen LogP contribution in [-0.4, -0.2) is 31.8 Å². The van der Waals surface area contributed by atoms with Crippen LogP contribution in [0.2, 0.25) is 0 Å². The van der Waals surface area contributed by atoms with Crippen LogP contribution < -0.4 is 22.0 Å². The molecule has 27 heavy (non-hydrogen) atoms. The molecule has 9 heteroatoms. The summed E-state index contributed by atoms with van der Waals surface area (Å²) < 4.78 is 1.63. The number of rotatable bonds is 3. The van der Waals surface area contributed by atoms with E-state index >= 15 is 0 Å². The highest BCUT2D eigenvalue weighted by atomic mass is 16.1. The fourth-order valence-electron chi connectivity index (χ4n) is 2.86. The highest BCUT2D eigenvalue weighted by Gasteiger charge is 2.17. The number of nitrogens with one attached hydrogen (secondary N) is 1. The van der Waals surface area contributed by atoms with Gasteiger partial charge in [-0.1, -0.05) is 6.07 Å². The molecule has 136 valence electrons. The van der Waals surface area contributed by atoms with Crippen molar-refractivity contribution in [3.63, 3.8) is 0 Å². The van der Waals surface area contributed by atoms with Crippen molar-refractivity contribution in [2.75, 3.05) is 17.8 Å². The molecule has 0 saturated heterocycles. The van der Waals surface area contributed by atoms with Crippen molar-refractivity contribution in [1.82, 2.24) is 24.7 Å². The molecule has 5 N–H and O–H groups in total. The van der Waals surface area contributed by atoms with Gasteiger partial charge in [-0.2, -0.15) is 5.10 Å². The Morgan fingerprint density at radius 1 is 1.19 bits per heavy atom. The van der Waals surface area contributed by atoms with Gasteiger partial charge in [0.25, 0.3) is 0 Å². The third kappa shape index (κ3) is 2.89. The largest absolute Gasteiger partial charge is 0.397 e. The fourth-order valence-corrected chi connectivity index (χ4v) is 2.86. The van der Waals surface area contributed by atoms with Gasteiger partial charge in [-0.3, -0.25) is 4.79 Å². The minimum Gasteiger partial charge on any atom is -0.397 e. The predicted molar refractivity (Wildman–Crippen MR) is 104 cm³/mol. The Kier molecular flexibility index (Phi) is 3.85. The maximum atomic E-state index is 12.3. The van der Waals surface area contributed by atoms with Crippen LogP contribution in [-0.2, 0) is 0 Å². The zero-order chi connectivity index (χ0) is 19.1. The van der Waals surface area contributed by atoms with Crippen LogP contribution in [0.1, 0.15) is 5.69 Å². The molecule has 0 bridgehead atoms. The number of hydrogen-bond acceptors (Lipinski definition) is 7. The summed E-state index contributed by atoms with van der Waals surface area (Å²) in [4.78, 5) is 24.4. The monoisotopic (exact) mass is 362 g/mol. The van der Waals surface area contributed by atoms with Crippen molar-refractivity contribution in [1.29, 1.82) is 0 Å². The van der Waals surface area contributed by atoms with Gasteiger partial charge in [0.05, 0.1) is 17.1 Å². The van der Waals surface area contributed by atoms with E-state index in [1.807, 2.05) is 25.1 Å². The van der Waals surface area contributed by atoms with Crippen LogP contribution in [0.25, 0.3) is 28.2 Å². The Balaban J connectivity index is 2.05. The number of anilines is 2. The highest BCUT2D eigenvalue weighted by Crippen LogP contribution is 2.30. The van der Waals surface area contributed by atoms with Crippen LogP contribution in [0.15, 0.2) is 47.5 Å². The molecule has 0 aliphatic carbocycles. The highest BCUT2D eigenvalue weighted by molar-refractivity contribution is 5.81. The number of aromatic nitrogens is 5. The van der Waals surface area contributed by atoms with E-state index in [9.17, 15) is 4.79 Å². The third-order valence-corrected chi connectivity index (χ3v) is 4.19. The van der Waals surface area contributed by atoms with Gasteiger partial charge in [-0.05, 0) is 25.1 Å². The first-order chi connectivity index (χ1) is 12.9. The van der Waals surface area contributed by atoms with Crippen molar-refractivity contribution in [3.05, 3.63) is 58.6 Å². The molecule has 0 unspecified atom stereocenters. The number of hydrogen-bond donors (Lipinski definition) is 3. The number of hydrazine groups is 1. The van der Waals surface area contributed by atoms with Crippen LogP contribution in [0.4, 0.5) is 11.4 Å². The van der Waals surface area contributed by atoms with Gasteiger partial charge >= 0.3 is 0 Å². The lowest BCUT2D eigenvalue weighted by Crippen LogP contribution is -2.26. The lowest BCUT2D eigenvalue weighted by Gasteiger charge is -2.17. The van der Waals surface area contributed by atoms with Crippen LogP contribution in [0.5, 0.6) is 0 Å². The normalized spacial score (nSPS) is 11.1. The van der Waals surface area contributed by atoms with Crippen LogP contribution >= 0.6 is 0 Å². The first kappa shape index (κ1) is 16.7. The quantitative estimate of drug-likeness (QED) is 0.285. The van der Waals surface area contributed by atoms with E-state index in [1.165, 1.54) is 11.1 Å². The Bertz CT molecular complexity index is 1210. The van der Waals surface area contributed by atoms with E-state index in [2.05, 4.69) is 20.1 Å². The second-order valence-corrected chi connectivity index (χ2v) is 6.22. The summed E-state index contributed by atoms with van der Waals surface area (Å²) in [6, 6.07) is 8.65. The molecule has 0 amide bonds. The van der Waals surface area contributed by atoms with Crippen LogP contribution in [0.3, 0.4) is 0 Å². The Labute approximate surface area is 154 Å². The maximum Gasteiger partial charge on any atom is 0.209 e. The van der Waals surface area contributed by atoms with Crippen molar-refractivity contribution < 1.29 is 0 Å². The van der Waals surface area contributed by atoms with Crippen molar-refractivity contribution >= 4 is 22.5 Å². The molecule has 1 aromatic carbocycles. The minimum absolute atomic E-state index is 0.215. The molecule has 3 aromatic heterocycles. The number of nitrogens with zero attached hydrogens (tertiary/aromatic N) is 5. The number of aromatic amines is 1. The average Bonchev–Trinajstić information content (AvgIpc) is 3.08. The zero-order valence-corrected chi connectivity index (χ0v) is 14.8. The van der Waals surface area contributed by atoms with Gasteiger partial charge in [0.2, 0.25) is 5.43 Å². The van der Waals surface area contributed by atoms with Crippen molar-refractivity contribution in [2.45, 2.75) is 6.92 Å². The van der Waals surface area contributed by atoms with E-state index in [0.717, 1.165) is 11.3 Å². The molecule has 0 aliphatic heterocycles. The number of H-pyrrole nitrogens is 1. The van der Waals surface area contributed by atoms with Gasteiger partial charge in [0.1, 0.15) is 5.69 Å². The van der Waals surface area contributed by atoms with Gasteiger partial charge in [0.15, 0.2) is 17.0 Å². The van der Waals surface area contributed by atoms with Gasteiger partial charge < -0.3 is 15.7 Å². The summed E-state index contributed by atoms with van der Waals surface area (Å²) in [6.07, 6.45) is 3.34. The second-order valence-electron chi connectivity index (χ2n) is 6.22.